The van der Waals surface area contributed by atoms with Gasteiger partial charge in [0.1, 0.15) is 67.0 Å². The second-order valence-electron chi connectivity index (χ2n) is 33.0. The molecule has 0 aliphatic heterocycles. The van der Waals surface area contributed by atoms with Gasteiger partial charge in [-0.05, 0) is 241 Å². The second kappa shape index (κ2) is 28.3. The van der Waals surface area contributed by atoms with Gasteiger partial charge in [-0.25, -0.2) is 9.97 Å². The summed E-state index contributed by atoms with van der Waals surface area (Å²) in [5, 5.41) is 12.9. The van der Waals surface area contributed by atoms with Crippen LogP contribution in [0, 0.1) is 0 Å². The van der Waals surface area contributed by atoms with Crippen LogP contribution in [0.2, 0.25) is 0 Å². The highest BCUT2D eigenvalue weighted by molar-refractivity contribution is 6.14. The number of benzene rings is 18. The molecule has 0 bridgehead atoms. The SMILES string of the molecule is c1ccc(-c2cc(-c3cc(-c4ccc5oc6ccccc6c5c4)cc(-c4ccc5oc6cc(-c7ccc(-c8cc(-c9cc(-c%10cccc%11c%10oc%10ccccc%10%11)cc(-c%10cccc%11c%10oc%10ccccc%10%11)c9)cc(-c9ccc(-c%10ccc%11oc%12ccccc%12c%11c%10)cc9)n8)cc7)ccc6c5c4)c3)cc(-c3ccc(-c4ccc5oc6ccccc6c5c4)cc3)n2)cc1. The van der Waals surface area contributed by atoms with E-state index in [2.05, 4.69) is 352 Å². The standard InChI is InChI=1S/C118H68N2O6/c1-2-16-72(17-3-1)103-64-85(65-104(119-103)73-38-32-69(33-39-73)76-45-50-112-99(60-76)93-20-6-9-27-107(93)121-112)83-55-81(78-47-52-114-101(62-78)95-22-8-11-29-109(95)123-114)54-82(56-83)79-48-53-115-102(63-79)96-49-44-80(68-116(96)124-115)71-36-42-75(43-37-71)106-67-86(66-105(120-106)74-40-34-70(35-41-74)77-46-51-113-100(61-77)94-21-7-10-28-108(94)122-113)84-57-87(89-23-14-25-97-91-18-4-12-30-110(91)125-117(89)97)59-88(58-84)90-24-15-26-98-92-19-5-13-31-111(92)126-118(90)98/h1-68H. The van der Waals surface area contributed by atoms with Crippen LogP contribution in [-0.4, -0.2) is 9.97 Å². The Balaban J connectivity index is 0.574. The number of hydrogen-bond donors (Lipinski definition) is 0. The number of furan rings is 6. The van der Waals surface area contributed by atoms with E-state index in [0.717, 1.165) is 277 Å². The number of aromatic nitrogens is 2. The van der Waals surface area contributed by atoms with E-state index in [-0.39, 0.29) is 0 Å². The zero-order chi connectivity index (χ0) is 82.6. The maximum Gasteiger partial charge on any atom is 0.143 e. The molecule has 0 aliphatic rings. The van der Waals surface area contributed by atoms with Crippen LogP contribution in [0.25, 0.3) is 277 Å². The van der Waals surface area contributed by atoms with E-state index in [1.54, 1.807) is 0 Å². The predicted octanol–water partition coefficient (Wildman–Crippen LogP) is 33.5. The lowest BCUT2D eigenvalue weighted by molar-refractivity contribution is 0.668. The average molecular weight is 1610 g/mol. The van der Waals surface area contributed by atoms with Crippen LogP contribution in [0.1, 0.15) is 0 Å². The minimum Gasteiger partial charge on any atom is -0.456 e. The number of hydrogen-bond acceptors (Lipinski definition) is 8. The van der Waals surface area contributed by atoms with Crippen molar-refractivity contribution in [3.05, 3.63) is 413 Å². The van der Waals surface area contributed by atoms with E-state index in [0.29, 0.717) is 0 Å². The highest BCUT2D eigenvalue weighted by Crippen LogP contribution is 2.47. The van der Waals surface area contributed by atoms with Crippen molar-refractivity contribution in [2.24, 2.45) is 0 Å². The topological polar surface area (TPSA) is 105 Å². The lowest BCUT2D eigenvalue weighted by Crippen LogP contribution is -1.93. The molecule has 586 valence electrons. The third-order valence-electron chi connectivity index (χ3n) is 25.5. The molecule has 0 unspecified atom stereocenters. The van der Waals surface area contributed by atoms with Crippen LogP contribution >= 0.6 is 0 Å². The summed E-state index contributed by atoms with van der Waals surface area (Å²) in [6, 6.07) is 147. The normalized spacial score (nSPS) is 12.0. The summed E-state index contributed by atoms with van der Waals surface area (Å²) < 4.78 is 39.4. The van der Waals surface area contributed by atoms with Gasteiger partial charge in [-0.2, -0.15) is 0 Å². The summed E-state index contributed by atoms with van der Waals surface area (Å²) >= 11 is 0. The summed E-state index contributed by atoms with van der Waals surface area (Å²) in [6.45, 7) is 0. The van der Waals surface area contributed by atoms with Crippen molar-refractivity contribution in [1.29, 1.82) is 0 Å². The van der Waals surface area contributed by atoms with Gasteiger partial charge in [-0.3, -0.25) is 0 Å². The van der Waals surface area contributed by atoms with Gasteiger partial charge in [0, 0.05) is 98.0 Å². The van der Waals surface area contributed by atoms with Crippen LogP contribution in [0.3, 0.4) is 0 Å². The molecular weight excluding hydrogens is 1540 g/mol. The summed E-state index contributed by atoms with van der Waals surface area (Å²) in [4.78, 5) is 11.0. The van der Waals surface area contributed by atoms with Gasteiger partial charge in [0.15, 0.2) is 0 Å². The Morgan fingerprint density at radius 2 is 0.357 bits per heavy atom. The molecule has 8 heteroatoms. The molecule has 8 heterocycles. The largest absolute Gasteiger partial charge is 0.456 e. The molecule has 0 spiro atoms. The number of rotatable bonds is 13. The smallest absolute Gasteiger partial charge is 0.143 e. The molecule has 0 amide bonds. The molecule has 0 saturated heterocycles. The molecule has 126 heavy (non-hydrogen) atoms. The van der Waals surface area contributed by atoms with E-state index in [1.807, 2.05) is 60.7 Å². The lowest BCUT2D eigenvalue weighted by atomic mass is 9.91. The van der Waals surface area contributed by atoms with Crippen LogP contribution in [-0.2, 0) is 0 Å². The van der Waals surface area contributed by atoms with Gasteiger partial charge in [-0.1, -0.05) is 261 Å². The van der Waals surface area contributed by atoms with Crippen molar-refractivity contribution in [3.8, 4) is 145 Å². The first kappa shape index (κ1) is 70.9. The van der Waals surface area contributed by atoms with E-state index < -0.39 is 0 Å². The van der Waals surface area contributed by atoms with Crippen molar-refractivity contribution in [2.45, 2.75) is 0 Å². The molecule has 0 aliphatic carbocycles. The molecule has 0 radical (unpaired) electrons. The Morgan fingerprint density at radius 1 is 0.119 bits per heavy atom. The minimum atomic E-state index is 0.799. The van der Waals surface area contributed by atoms with Crippen LogP contribution < -0.4 is 0 Å². The molecule has 8 nitrogen and oxygen atoms in total. The van der Waals surface area contributed by atoms with Gasteiger partial charge in [-0.15, -0.1) is 0 Å². The van der Waals surface area contributed by atoms with Crippen molar-refractivity contribution < 1.29 is 26.5 Å². The van der Waals surface area contributed by atoms with Gasteiger partial charge in [0.05, 0.1) is 22.8 Å². The molecule has 18 aromatic carbocycles. The Morgan fingerprint density at radius 3 is 0.738 bits per heavy atom. The van der Waals surface area contributed by atoms with Gasteiger partial charge < -0.3 is 26.5 Å². The molecular formula is C118H68N2O6. The number of pyridine rings is 2. The van der Waals surface area contributed by atoms with Crippen LogP contribution in [0.15, 0.2) is 439 Å². The third kappa shape index (κ3) is 12.0. The molecule has 26 aromatic rings. The highest BCUT2D eigenvalue weighted by atomic mass is 16.3. The number of nitrogens with zero attached hydrogens (tertiary/aromatic N) is 2. The fraction of sp³-hybridized carbons (Fsp3) is 0. The first-order valence-corrected chi connectivity index (χ1v) is 42.6. The van der Waals surface area contributed by atoms with Gasteiger partial charge in [0.2, 0.25) is 0 Å². The van der Waals surface area contributed by atoms with Crippen molar-refractivity contribution >= 4 is 132 Å². The third-order valence-corrected chi connectivity index (χ3v) is 25.5. The summed E-state index contributed by atoms with van der Waals surface area (Å²) in [6.07, 6.45) is 0. The van der Waals surface area contributed by atoms with E-state index >= 15 is 0 Å². The summed E-state index contributed by atoms with van der Waals surface area (Å²) in [5.74, 6) is 0. The average Bonchev–Trinajstić information content (AvgIpc) is 1.50. The monoisotopic (exact) mass is 1610 g/mol. The van der Waals surface area contributed by atoms with Gasteiger partial charge >= 0.3 is 0 Å². The van der Waals surface area contributed by atoms with E-state index in [4.69, 9.17) is 36.5 Å². The molecule has 26 rings (SSSR count). The second-order valence-corrected chi connectivity index (χ2v) is 33.0. The zero-order valence-electron chi connectivity index (χ0n) is 67.6. The summed E-state index contributed by atoms with van der Waals surface area (Å²) in [7, 11) is 0. The van der Waals surface area contributed by atoms with Crippen LogP contribution in [0.5, 0.6) is 0 Å². The van der Waals surface area contributed by atoms with Crippen molar-refractivity contribution in [3.63, 3.8) is 0 Å². The number of fused-ring (bicyclic) bond motifs is 18. The first-order chi connectivity index (χ1) is 62.3. The highest BCUT2D eigenvalue weighted by Gasteiger charge is 2.23. The summed E-state index contributed by atoms with van der Waals surface area (Å²) in [5.41, 5.74) is 36.4. The van der Waals surface area contributed by atoms with E-state index in [9.17, 15) is 0 Å². The van der Waals surface area contributed by atoms with Crippen molar-refractivity contribution in [2.75, 3.05) is 0 Å². The maximum atomic E-state index is 6.90. The molecule has 0 fully saturated rings. The van der Waals surface area contributed by atoms with Crippen LogP contribution in [0.4, 0.5) is 0 Å². The lowest BCUT2D eigenvalue weighted by Gasteiger charge is -2.15. The zero-order valence-corrected chi connectivity index (χ0v) is 67.6. The number of para-hydroxylation sites is 7. The maximum absolute atomic E-state index is 6.90. The molecule has 0 N–H and O–H groups in total. The predicted molar refractivity (Wildman–Crippen MR) is 516 cm³/mol. The molecule has 8 aromatic heterocycles. The van der Waals surface area contributed by atoms with Gasteiger partial charge in [0.25, 0.3) is 0 Å². The Labute approximate surface area is 721 Å². The van der Waals surface area contributed by atoms with Crippen molar-refractivity contribution in [1.82, 2.24) is 9.97 Å². The fourth-order valence-corrected chi connectivity index (χ4v) is 19.1. The quantitative estimate of drug-likeness (QED) is 0.112. The minimum absolute atomic E-state index is 0.799. The Kier molecular flexibility index (Phi) is 15.9. The molecule has 0 atom stereocenters. The fourth-order valence-electron chi connectivity index (χ4n) is 19.1. The molecule has 0 saturated carbocycles. The Bertz CT molecular complexity index is 8830. The Hall–Kier alpha value is -16.9. The van der Waals surface area contributed by atoms with E-state index in [1.165, 1.54) is 0 Å². The first-order valence-electron chi connectivity index (χ1n) is 42.6.